The summed E-state index contributed by atoms with van der Waals surface area (Å²) in [5.74, 6) is 0.585. The second-order valence-electron chi connectivity index (χ2n) is 6.74. The first-order valence-corrected chi connectivity index (χ1v) is 13.2. The Morgan fingerprint density at radius 2 is 1.93 bits per heavy atom. The summed E-state index contributed by atoms with van der Waals surface area (Å²) in [6, 6.07) is 14.6. The lowest BCUT2D eigenvalue weighted by Gasteiger charge is -2.04. The van der Waals surface area contributed by atoms with Gasteiger partial charge in [-0.05, 0) is 49.4 Å². The van der Waals surface area contributed by atoms with E-state index in [2.05, 4.69) is 34.0 Å². The molecular formula is C21H24N2O3S3. The van der Waals surface area contributed by atoms with Gasteiger partial charge in [-0.1, -0.05) is 35.6 Å². The Morgan fingerprint density at radius 3 is 2.66 bits per heavy atom. The van der Waals surface area contributed by atoms with Crippen LogP contribution in [0.2, 0.25) is 0 Å². The van der Waals surface area contributed by atoms with E-state index >= 15 is 0 Å². The quantitative estimate of drug-likeness (QED) is 0.521. The maximum Gasteiger partial charge on any atom is 0.248 e. The molecule has 2 aromatic carbocycles. The van der Waals surface area contributed by atoms with Crippen molar-refractivity contribution < 1.29 is 13.2 Å². The first kappa shape index (κ1) is 21.8. The van der Waals surface area contributed by atoms with E-state index in [9.17, 15) is 13.2 Å². The summed E-state index contributed by atoms with van der Waals surface area (Å²) >= 11 is 3.24. The highest BCUT2D eigenvalue weighted by atomic mass is 32.2. The Kier molecular flexibility index (Phi) is 7.32. The Labute approximate surface area is 179 Å². The van der Waals surface area contributed by atoms with E-state index < -0.39 is 9.84 Å². The second kappa shape index (κ2) is 9.73. The van der Waals surface area contributed by atoms with Crippen molar-refractivity contribution in [1.29, 1.82) is 0 Å². The first-order chi connectivity index (χ1) is 13.9. The Morgan fingerprint density at radius 1 is 1.17 bits per heavy atom. The van der Waals surface area contributed by atoms with Crippen LogP contribution in [0.4, 0.5) is 0 Å². The summed E-state index contributed by atoms with van der Waals surface area (Å²) in [5, 5.41) is 0. The number of amides is 1. The molecule has 3 aromatic rings. The largest absolute Gasteiger partial charge is 0.316 e. The van der Waals surface area contributed by atoms with Gasteiger partial charge in [-0.3, -0.25) is 4.79 Å². The molecule has 154 valence electrons. The molecule has 0 spiro atoms. The molecular weight excluding hydrogens is 424 g/mol. The molecule has 0 atom stereocenters. The van der Waals surface area contributed by atoms with Crippen LogP contribution in [0.1, 0.15) is 18.4 Å². The van der Waals surface area contributed by atoms with Crippen LogP contribution >= 0.6 is 23.1 Å². The van der Waals surface area contributed by atoms with Gasteiger partial charge in [0.1, 0.15) is 0 Å². The summed E-state index contributed by atoms with van der Waals surface area (Å²) in [6.45, 7) is 2.82. The normalized spacial score (nSPS) is 12.6. The van der Waals surface area contributed by atoms with Gasteiger partial charge in [0, 0.05) is 18.7 Å². The van der Waals surface area contributed by atoms with E-state index in [0.29, 0.717) is 9.70 Å². The highest BCUT2D eigenvalue weighted by molar-refractivity contribution is 7.98. The number of benzene rings is 2. The number of nitrogens with zero attached hydrogens (tertiary/aromatic N) is 2. The molecule has 0 N–H and O–H groups in total. The first-order valence-electron chi connectivity index (χ1n) is 9.35. The van der Waals surface area contributed by atoms with Crippen LogP contribution in [0, 0.1) is 6.92 Å². The van der Waals surface area contributed by atoms with Gasteiger partial charge < -0.3 is 4.57 Å². The Balaban J connectivity index is 1.75. The highest BCUT2D eigenvalue weighted by Crippen LogP contribution is 2.19. The number of carbonyl (C=O) groups excluding carboxylic acids is 1. The number of thioether (sulfide) groups is 1. The molecule has 0 bridgehead atoms. The number of hydrogen-bond acceptors (Lipinski definition) is 5. The molecule has 0 radical (unpaired) electrons. The monoisotopic (exact) mass is 448 g/mol. The maximum atomic E-state index is 12.4. The lowest BCUT2D eigenvalue weighted by molar-refractivity contribution is -0.118. The second-order valence-corrected chi connectivity index (χ2v) is 10.8. The van der Waals surface area contributed by atoms with Crippen LogP contribution in [0.15, 0.2) is 58.4 Å². The van der Waals surface area contributed by atoms with Gasteiger partial charge in [0.15, 0.2) is 14.6 Å². The van der Waals surface area contributed by atoms with Crippen molar-refractivity contribution in [2.45, 2.75) is 31.2 Å². The van der Waals surface area contributed by atoms with Crippen LogP contribution in [0.3, 0.4) is 0 Å². The molecule has 0 aliphatic carbocycles. The fraction of sp³-hybridized carbons (Fsp3) is 0.333. The number of thiazole rings is 1. The van der Waals surface area contributed by atoms with Crippen LogP contribution < -0.4 is 4.80 Å². The van der Waals surface area contributed by atoms with Crippen LogP contribution in [-0.4, -0.2) is 36.7 Å². The molecule has 0 aliphatic rings. The SMILES string of the molecule is CSCCn1c(=NC(=O)CCCS(=O)(=O)c2ccccc2)sc2cc(C)ccc21. The number of fused-ring (bicyclic) bond motifs is 1. The summed E-state index contributed by atoms with van der Waals surface area (Å²) in [5.41, 5.74) is 2.24. The van der Waals surface area contributed by atoms with Gasteiger partial charge in [-0.2, -0.15) is 16.8 Å². The summed E-state index contributed by atoms with van der Waals surface area (Å²) in [4.78, 5) is 17.7. The molecule has 1 aromatic heterocycles. The van der Waals surface area contributed by atoms with Crippen molar-refractivity contribution in [2.24, 2.45) is 4.99 Å². The van der Waals surface area contributed by atoms with Crippen molar-refractivity contribution in [1.82, 2.24) is 4.57 Å². The van der Waals surface area contributed by atoms with Gasteiger partial charge in [-0.15, -0.1) is 0 Å². The van der Waals surface area contributed by atoms with E-state index in [4.69, 9.17) is 0 Å². The summed E-state index contributed by atoms with van der Waals surface area (Å²) in [7, 11) is -3.37. The van der Waals surface area contributed by atoms with Crippen molar-refractivity contribution in [2.75, 3.05) is 17.8 Å². The van der Waals surface area contributed by atoms with E-state index in [1.54, 1.807) is 42.1 Å². The lowest BCUT2D eigenvalue weighted by atomic mass is 10.2. The smallest absolute Gasteiger partial charge is 0.248 e. The zero-order chi connectivity index (χ0) is 20.9. The Hall–Kier alpha value is -1.90. The molecule has 0 unspecified atom stereocenters. The molecule has 0 fully saturated rings. The molecule has 5 nitrogen and oxygen atoms in total. The van der Waals surface area contributed by atoms with Crippen molar-refractivity contribution in [3.8, 4) is 0 Å². The lowest BCUT2D eigenvalue weighted by Crippen LogP contribution is -2.18. The number of sulfone groups is 1. The molecule has 0 saturated heterocycles. The van der Waals surface area contributed by atoms with E-state index in [-0.39, 0.29) is 24.5 Å². The van der Waals surface area contributed by atoms with Gasteiger partial charge >= 0.3 is 0 Å². The summed E-state index contributed by atoms with van der Waals surface area (Å²) in [6.07, 6.45) is 2.42. The third kappa shape index (κ3) is 5.58. The third-order valence-electron chi connectivity index (χ3n) is 4.48. The summed E-state index contributed by atoms with van der Waals surface area (Å²) < 4.78 is 27.9. The number of carbonyl (C=O) groups is 1. The fourth-order valence-electron chi connectivity index (χ4n) is 2.99. The van der Waals surface area contributed by atoms with E-state index in [0.717, 1.165) is 22.5 Å². The standard InChI is InChI=1S/C21H24N2O3S3/c1-16-10-11-18-19(15-16)28-21(23(18)12-13-27-2)22-20(24)9-6-14-29(25,26)17-7-4-3-5-8-17/h3-5,7-8,10-11,15H,6,9,12-14H2,1-2H3. The number of hydrogen-bond donors (Lipinski definition) is 0. The minimum atomic E-state index is -3.37. The average molecular weight is 449 g/mol. The molecule has 0 aliphatic heterocycles. The van der Waals surface area contributed by atoms with Crippen molar-refractivity contribution in [3.63, 3.8) is 0 Å². The zero-order valence-electron chi connectivity index (χ0n) is 16.5. The van der Waals surface area contributed by atoms with Gasteiger partial charge in [-0.25, -0.2) is 8.42 Å². The van der Waals surface area contributed by atoms with Crippen LogP contribution in [0.25, 0.3) is 10.2 Å². The maximum absolute atomic E-state index is 12.4. The van der Waals surface area contributed by atoms with Crippen molar-refractivity contribution >= 4 is 49.1 Å². The van der Waals surface area contributed by atoms with Crippen LogP contribution in [0.5, 0.6) is 0 Å². The van der Waals surface area contributed by atoms with Crippen LogP contribution in [-0.2, 0) is 21.2 Å². The predicted molar refractivity (Wildman–Crippen MR) is 121 cm³/mol. The molecule has 8 heteroatoms. The topological polar surface area (TPSA) is 68.5 Å². The fourth-order valence-corrected chi connectivity index (χ4v) is 5.85. The Bertz CT molecular complexity index is 1160. The minimum Gasteiger partial charge on any atom is -0.316 e. The molecule has 3 rings (SSSR count). The molecule has 29 heavy (non-hydrogen) atoms. The van der Waals surface area contributed by atoms with E-state index in [1.165, 1.54) is 16.9 Å². The van der Waals surface area contributed by atoms with E-state index in [1.807, 2.05) is 6.92 Å². The number of aryl methyl sites for hydroxylation is 2. The molecule has 1 amide bonds. The van der Waals surface area contributed by atoms with Gasteiger partial charge in [0.2, 0.25) is 5.91 Å². The molecule has 0 saturated carbocycles. The highest BCUT2D eigenvalue weighted by Gasteiger charge is 2.15. The zero-order valence-corrected chi connectivity index (χ0v) is 18.9. The number of rotatable bonds is 8. The van der Waals surface area contributed by atoms with Gasteiger partial charge in [0.05, 0.1) is 20.9 Å². The predicted octanol–water partition coefficient (Wildman–Crippen LogP) is 4.06. The van der Waals surface area contributed by atoms with Crippen molar-refractivity contribution in [3.05, 3.63) is 58.9 Å². The van der Waals surface area contributed by atoms with Gasteiger partial charge in [0.25, 0.3) is 0 Å². The minimum absolute atomic E-state index is 0.0592. The number of aromatic nitrogens is 1. The average Bonchev–Trinajstić information content (AvgIpc) is 3.02. The molecule has 1 heterocycles. The third-order valence-corrected chi connectivity index (χ3v) is 7.93.